The van der Waals surface area contributed by atoms with Crippen molar-refractivity contribution in [2.45, 2.75) is 19.0 Å². The molecule has 0 radical (unpaired) electrons. The van der Waals surface area contributed by atoms with E-state index in [9.17, 15) is 13.2 Å². The van der Waals surface area contributed by atoms with Gasteiger partial charge in [0.1, 0.15) is 0 Å². The molecule has 0 aliphatic rings. The van der Waals surface area contributed by atoms with E-state index in [1.165, 1.54) is 6.20 Å². The van der Waals surface area contributed by atoms with Crippen LogP contribution in [0, 0.1) is 6.92 Å². The lowest BCUT2D eigenvalue weighted by Gasteiger charge is -2.17. The van der Waals surface area contributed by atoms with E-state index in [4.69, 9.17) is 5.73 Å². The highest BCUT2D eigenvalue weighted by atomic mass is 19.4. The number of aryl methyl sites for hydroxylation is 1. The number of benzene rings is 1. The number of aromatic nitrogens is 1. The predicted octanol–water partition coefficient (Wildman–Crippen LogP) is 3.08. The molecule has 92 valence electrons. The largest absolute Gasteiger partial charge is 0.397 e. The van der Waals surface area contributed by atoms with Gasteiger partial charge < -0.3 is 10.7 Å². The Morgan fingerprint density at radius 3 is 2.65 bits per heavy atom. The van der Waals surface area contributed by atoms with E-state index in [0.29, 0.717) is 5.39 Å². The predicted molar refractivity (Wildman–Crippen MR) is 60.9 cm³/mol. The number of aromatic amines is 1. The van der Waals surface area contributed by atoms with Gasteiger partial charge in [0.25, 0.3) is 0 Å². The van der Waals surface area contributed by atoms with Crippen LogP contribution in [0.1, 0.15) is 17.0 Å². The van der Waals surface area contributed by atoms with Gasteiger partial charge in [-0.15, -0.1) is 0 Å². The van der Waals surface area contributed by atoms with Gasteiger partial charge in [0.05, 0.1) is 5.92 Å². The van der Waals surface area contributed by atoms with Crippen LogP contribution in [0.5, 0.6) is 0 Å². The zero-order valence-corrected chi connectivity index (χ0v) is 9.31. The molecular weight excluding hydrogens is 229 g/mol. The fourth-order valence-electron chi connectivity index (χ4n) is 2.05. The van der Waals surface area contributed by atoms with Crippen LogP contribution in [0.25, 0.3) is 10.9 Å². The SMILES string of the molecule is Cc1cccc2c(C(CN)C(F)(F)F)c[nH]c12. The van der Waals surface area contributed by atoms with Gasteiger partial charge in [-0.05, 0) is 18.1 Å². The van der Waals surface area contributed by atoms with Gasteiger partial charge in [-0.2, -0.15) is 13.2 Å². The van der Waals surface area contributed by atoms with Gasteiger partial charge in [0.15, 0.2) is 0 Å². The molecule has 0 saturated carbocycles. The lowest BCUT2D eigenvalue weighted by Crippen LogP contribution is -2.27. The standard InChI is InChI=1S/C12H13F3N2/c1-7-3-2-4-8-9(6-17-11(7)8)10(5-16)12(13,14)15/h2-4,6,10,17H,5,16H2,1H3. The fraction of sp³-hybridized carbons (Fsp3) is 0.333. The average molecular weight is 242 g/mol. The van der Waals surface area contributed by atoms with Crippen molar-refractivity contribution in [2.24, 2.45) is 5.73 Å². The van der Waals surface area contributed by atoms with E-state index in [1.54, 1.807) is 12.1 Å². The van der Waals surface area contributed by atoms with Crippen molar-refractivity contribution in [1.82, 2.24) is 4.98 Å². The molecule has 1 aromatic heterocycles. The van der Waals surface area contributed by atoms with Crippen molar-refractivity contribution < 1.29 is 13.2 Å². The monoisotopic (exact) mass is 242 g/mol. The Labute approximate surface area is 96.6 Å². The minimum Gasteiger partial charge on any atom is -0.361 e. The first-order chi connectivity index (χ1) is 7.95. The minimum absolute atomic E-state index is 0.221. The molecule has 2 aromatic rings. The van der Waals surface area contributed by atoms with E-state index < -0.39 is 18.6 Å². The molecule has 1 heterocycles. The van der Waals surface area contributed by atoms with Crippen molar-refractivity contribution in [1.29, 1.82) is 0 Å². The minimum atomic E-state index is -4.31. The second-order valence-corrected chi connectivity index (χ2v) is 4.07. The number of para-hydroxylation sites is 1. The topological polar surface area (TPSA) is 41.8 Å². The van der Waals surface area contributed by atoms with Crippen LogP contribution in [-0.4, -0.2) is 17.7 Å². The van der Waals surface area contributed by atoms with Gasteiger partial charge in [-0.25, -0.2) is 0 Å². The third-order valence-electron chi connectivity index (χ3n) is 2.96. The maximum atomic E-state index is 12.8. The van der Waals surface area contributed by atoms with Crippen LogP contribution in [0.15, 0.2) is 24.4 Å². The van der Waals surface area contributed by atoms with Crippen LogP contribution < -0.4 is 5.73 Å². The summed E-state index contributed by atoms with van der Waals surface area (Å²) in [4.78, 5) is 2.89. The summed E-state index contributed by atoms with van der Waals surface area (Å²) >= 11 is 0. The smallest absolute Gasteiger partial charge is 0.361 e. The number of hydrogen-bond donors (Lipinski definition) is 2. The normalized spacial score (nSPS) is 14.2. The van der Waals surface area contributed by atoms with Crippen LogP contribution in [0.2, 0.25) is 0 Å². The molecule has 0 fully saturated rings. The third kappa shape index (κ3) is 2.02. The lowest BCUT2D eigenvalue weighted by molar-refractivity contribution is -0.147. The number of nitrogens with one attached hydrogen (secondary N) is 1. The first-order valence-electron chi connectivity index (χ1n) is 5.28. The van der Waals surface area contributed by atoms with Crippen molar-refractivity contribution in [3.8, 4) is 0 Å². The highest BCUT2D eigenvalue weighted by Crippen LogP contribution is 2.37. The molecule has 17 heavy (non-hydrogen) atoms. The molecule has 0 aliphatic carbocycles. The highest BCUT2D eigenvalue weighted by Gasteiger charge is 2.40. The first kappa shape index (κ1) is 12.0. The first-order valence-corrected chi connectivity index (χ1v) is 5.28. The summed E-state index contributed by atoms with van der Waals surface area (Å²) in [7, 11) is 0. The Hall–Kier alpha value is -1.49. The molecule has 2 nitrogen and oxygen atoms in total. The Morgan fingerprint density at radius 2 is 2.06 bits per heavy atom. The van der Waals surface area contributed by atoms with E-state index in [0.717, 1.165) is 11.1 Å². The maximum Gasteiger partial charge on any atom is 0.397 e. The highest BCUT2D eigenvalue weighted by molar-refractivity contribution is 5.86. The van der Waals surface area contributed by atoms with E-state index in [1.807, 2.05) is 13.0 Å². The number of nitrogens with two attached hydrogens (primary N) is 1. The molecule has 3 N–H and O–H groups in total. The van der Waals surface area contributed by atoms with Crippen molar-refractivity contribution in [3.63, 3.8) is 0 Å². The summed E-state index contributed by atoms with van der Waals surface area (Å²) < 4.78 is 38.5. The van der Waals surface area contributed by atoms with Gasteiger partial charge in [0.2, 0.25) is 0 Å². The second kappa shape index (κ2) is 4.07. The number of rotatable bonds is 2. The number of hydrogen-bond acceptors (Lipinski definition) is 1. The van der Waals surface area contributed by atoms with Crippen LogP contribution in [0.4, 0.5) is 13.2 Å². The van der Waals surface area contributed by atoms with Gasteiger partial charge in [-0.1, -0.05) is 18.2 Å². The number of halogens is 3. The Kier molecular flexibility index (Phi) is 2.87. The number of alkyl halides is 3. The van der Waals surface area contributed by atoms with E-state index in [-0.39, 0.29) is 5.56 Å². The molecule has 1 unspecified atom stereocenters. The zero-order chi connectivity index (χ0) is 12.6. The molecule has 0 bridgehead atoms. The van der Waals surface area contributed by atoms with E-state index in [2.05, 4.69) is 4.98 Å². The van der Waals surface area contributed by atoms with E-state index >= 15 is 0 Å². The van der Waals surface area contributed by atoms with Gasteiger partial charge in [-0.3, -0.25) is 0 Å². The summed E-state index contributed by atoms with van der Waals surface area (Å²) in [5, 5.41) is 0.595. The molecule has 0 saturated heterocycles. The Balaban J connectivity index is 2.59. The summed E-state index contributed by atoms with van der Waals surface area (Å²) in [5.74, 6) is -1.61. The fourth-order valence-corrected chi connectivity index (χ4v) is 2.05. The van der Waals surface area contributed by atoms with Gasteiger partial charge >= 0.3 is 6.18 Å². The van der Waals surface area contributed by atoms with Crippen molar-refractivity contribution >= 4 is 10.9 Å². The maximum absolute atomic E-state index is 12.8. The molecule has 0 amide bonds. The molecule has 5 heteroatoms. The van der Waals surface area contributed by atoms with Gasteiger partial charge in [0, 0.05) is 23.6 Å². The van der Waals surface area contributed by atoms with Crippen LogP contribution in [0.3, 0.4) is 0 Å². The quantitative estimate of drug-likeness (QED) is 0.834. The average Bonchev–Trinajstić information content (AvgIpc) is 2.63. The second-order valence-electron chi connectivity index (χ2n) is 4.07. The number of fused-ring (bicyclic) bond motifs is 1. The van der Waals surface area contributed by atoms with Crippen LogP contribution in [-0.2, 0) is 0 Å². The summed E-state index contributed by atoms with van der Waals surface area (Å²) in [6, 6.07) is 5.29. The Bertz CT molecular complexity index is 528. The lowest BCUT2D eigenvalue weighted by atomic mass is 9.97. The molecule has 2 rings (SSSR count). The molecule has 0 spiro atoms. The third-order valence-corrected chi connectivity index (χ3v) is 2.96. The Morgan fingerprint density at radius 1 is 1.35 bits per heavy atom. The molecule has 1 aromatic carbocycles. The van der Waals surface area contributed by atoms with Crippen LogP contribution >= 0.6 is 0 Å². The summed E-state index contributed by atoms with van der Waals surface area (Å²) in [6.45, 7) is 1.41. The molecular formula is C12H13F3N2. The summed E-state index contributed by atoms with van der Waals surface area (Å²) in [6.07, 6.45) is -2.91. The number of H-pyrrole nitrogens is 1. The van der Waals surface area contributed by atoms with Crippen molar-refractivity contribution in [3.05, 3.63) is 35.5 Å². The zero-order valence-electron chi connectivity index (χ0n) is 9.31. The molecule has 0 aliphatic heterocycles. The van der Waals surface area contributed by atoms with Crippen molar-refractivity contribution in [2.75, 3.05) is 6.54 Å². The molecule has 1 atom stereocenters. The summed E-state index contributed by atoms with van der Waals surface area (Å²) in [5.41, 5.74) is 7.13.